The highest BCUT2D eigenvalue weighted by atomic mass is 35.5. The van der Waals surface area contributed by atoms with E-state index in [0.717, 1.165) is 12.1 Å². The maximum absolute atomic E-state index is 13.5. The molecule has 0 saturated carbocycles. The van der Waals surface area contributed by atoms with Crippen LogP contribution in [0, 0.1) is 11.6 Å². The van der Waals surface area contributed by atoms with Crippen molar-refractivity contribution in [2.75, 3.05) is 7.11 Å². The Labute approximate surface area is 120 Å². The van der Waals surface area contributed by atoms with Crippen LogP contribution in [0.15, 0.2) is 36.4 Å². The third-order valence-electron chi connectivity index (χ3n) is 3.02. The number of hydrogen-bond acceptors (Lipinski definition) is 2. The van der Waals surface area contributed by atoms with Crippen LogP contribution in [0.25, 0.3) is 0 Å². The van der Waals surface area contributed by atoms with Gasteiger partial charge in [0.05, 0.1) is 18.2 Å². The molecule has 2 aromatic carbocycles. The molecule has 0 spiro atoms. The zero-order valence-corrected chi connectivity index (χ0v) is 11.5. The van der Waals surface area contributed by atoms with E-state index in [4.69, 9.17) is 16.3 Å². The van der Waals surface area contributed by atoms with Gasteiger partial charge in [0.2, 0.25) is 0 Å². The Bertz CT molecular complexity index is 597. The van der Waals surface area contributed by atoms with Gasteiger partial charge in [0.25, 0.3) is 0 Å². The van der Waals surface area contributed by atoms with Gasteiger partial charge in [0, 0.05) is 12.0 Å². The molecule has 0 radical (unpaired) electrons. The molecular formula is C15H13ClF2O2. The van der Waals surface area contributed by atoms with E-state index in [1.807, 2.05) is 0 Å². The van der Waals surface area contributed by atoms with E-state index in [0.29, 0.717) is 16.3 Å². The first-order valence-corrected chi connectivity index (χ1v) is 6.35. The normalized spacial score (nSPS) is 12.2. The van der Waals surface area contributed by atoms with Crippen LogP contribution in [-0.2, 0) is 6.42 Å². The molecule has 1 atom stereocenters. The van der Waals surface area contributed by atoms with Gasteiger partial charge >= 0.3 is 0 Å². The minimum absolute atomic E-state index is 0.145. The molecule has 2 aromatic rings. The van der Waals surface area contributed by atoms with E-state index in [1.165, 1.54) is 13.2 Å². The highest BCUT2D eigenvalue weighted by Gasteiger charge is 2.16. The molecule has 0 aromatic heterocycles. The number of aliphatic hydroxyl groups is 1. The van der Waals surface area contributed by atoms with Crippen LogP contribution in [-0.4, -0.2) is 12.2 Å². The van der Waals surface area contributed by atoms with Crippen LogP contribution in [0.4, 0.5) is 8.78 Å². The van der Waals surface area contributed by atoms with Crippen molar-refractivity contribution < 1.29 is 18.6 Å². The summed E-state index contributed by atoms with van der Waals surface area (Å²) in [5.74, 6) is -0.952. The highest BCUT2D eigenvalue weighted by molar-refractivity contribution is 6.32. The monoisotopic (exact) mass is 298 g/mol. The summed E-state index contributed by atoms with van der Waals surface area (Å²) in [7, 11) is 1.45. The number of benzene rings is 2. The average Bonchev–Trinajstić information content (AvgIpc) is 2.43. The SMILES string of the molecule is COc1cc(C(O)Cc2c(F)cccc2F)ccc1Cl. The van der Waals surface area contributed by atoms with Gasteiger partial charge in [-0.25, -0.2) is 8.78 Å². The third-order valence-corrected chi connectivity index (χ3v) is 3.33. The number of rotatable bonds is 4. The minimum atomic E-state index is -1.05. The number of hydrogen-bond donors (Lipinski definition) is 1. The standard InChI is InChI=1S/C15H13ClF2O2/c1-20-15-7-9(5-6-11(15)16)14(19)8-10-12(17)3-2-4-13(10)18/h2-7,14,19H,8H2,1H3. The zero-order valence-electron chi connectivity index (χ0n) is 10.7. The summed E-state index contributed by atoms with van der Waals surface area (Å²) in [5.41, 5.74) is 0.336. The van der Waals surface area contributed by atoms with Crippen molar-refractivity contribution in [1.82, 2.24) is 0 Å². The average molecular weight is 299 g/mol. The van der Waals surface area contributed by atoms with Crippen molar-refractivity contribution in [1.29, 1.82) is 0 Å². The fourth-order valence-electron chi connectivity index (χ4n) is 1.92. The molecule has 20 heavy (non-hydrogen) atoms. The van der Waals surface area contributed by atoms with E-state index in [9.17, 15) is 13.9 Å². The second-order valence-corrected chi connectivity index (χ2v) is 4.72. The van der Waals surface area contributed by atoms with Gasteiger partial charge in [0.1, 0.15) is 17.4 Å². The van der Waals surface area contributed by atoms with Gasteiger partial charge in [-0.1, -0.05) is 23.7 Å². The lowest BCUT2D eigenvalue weighted by Gasteiger charge is -2.14. The van der Waals surface area contributed by atoms with Crippen molar-refractivity contribution in [2.24, 2.45) is 0 Å². The van der Waals surface area contributed by atoms with Crippen LogP contribution < -0.4 is 4.74 Å². The maximum atomic E-state index is 13.5. The maximum Gasteiger partial charge on any atom is 0.137 e. The van der Waals surface area contributed by atoms with E-state index >= 15 is 0 Å². The summed E-state index contributed by atoms with van der Waals surface area (Å²) in [6, 6.07) is 8.31. The van der Waals surface area contributed by atoms with Crippen LogP contribution in [0.3, 0.4) is 0 Å². The van der Waals surface area contributed by atoms with Crippen LogP contribution >= 0.6 is 11.6 Å². The Balaban J connectivity index is 2.26. The van der Waals surface area contributed by atoms with Crippen LogP contribution in [0.5, 0.6) is 5.75 Å². The summed E-state index contributed by atoms with van der Waals surface area (Å²) < 4.78 is 32.1. The Morgan fingerprint density at radius 2 is 1.85 bits per heavy atom. The number of halogens is 3. The quantitative estimate of drug-likeness (QED) is 0.927. The molecule has 0 aliphatic heterocycles. The Morgan fingerprint density at radius 1 is 1.20 bits per heavy atom. The molecule has 0 aliphatic rings. The van der Waals surface area contributed by atoms with Crippen molar-refractivity contribution in [3.05, 3.63) is 64.2 Å². The van der Waals surface area contributed by atoms with Gasteiger partial charge < -0.3 is 9.84 Å². The van der Waals surface area contributed by atoms with Gasteiger partial charge in [-0.3, -0.25) is 0 Å². The second kappa shape index (κ2) is 6.20. The number of methoxy groups -OCH3 is 1. The predicted molar refractivity (Wildman–Crippen MR) is 73.0 cm³/mol. The number of aliphatic hydroxyl groups excluding tert-OH is 1. The molecule has 2 rings (SSSR count). The Hall–Kier alpha value is -1.65. The molecule has 0 bridgehead atoms. The van der Waals surface area contributed by atoms with Crippen LogP contribution in [0.1, 0.15) is 17.2 Å². The minimum Gasteiger partial charge on any atom is -0.495 e. The van der Waals surface area contributed by atoms with Crippen molar-refractivity contribution >= 4 is 11.6 Å². The molecule has 2 nitrogen and oxygen atoms in total. The molecular weight excluding hydrogens is 286 g/mol. The van der Waals surface area contributed by atoms with Crippen molar-refractivity contribution in [3.8, 4) is 5.75 Å². The van der Waals surface area contributed by atoms with E-state index < -0.39 is 17.7 Å². The first-order valence-electron chi connectivity index (χ1n) is 5.97. The first kappa shape index (κ1) is 14.8. The summed E-state index contributed by atoms with van der Waals surface area (Å²) >= 11 is 5.89. The molecule has 0 fully saturated rings. The van der Waals surface area contributed by atoms with Crippen molar-refractivity contribution in [3.63, 3.8) is 0 Å². The molecule has 106 valence electrons. The smallest absolute Gasteiger partial charge is 0.137 e. The molecule has 0 heterocycles. The molecule has 1 N–H and O–H groups in total. The fourth-order valence-corrected chi connectivity index (χ4v) is 2.12. The summed E-state index contributed by atoms with van der Waals surface area (Å²) in [5, 5.41) is 10.5. The Kier molecular flexibility index (Phi) is 4.57. The van der Waals surface area contributed by atoms with E-state index in [2.05, 4.69) is 0 Å². The van der Waals surface area contributed by atoms with E-state index in [-0.39, 0.29) is 12.0 Å². The van der Waals surface area contributed by atoms with Gasteiger partial charge in [-0.2, -0.15) is 0 Å². The van der Waals surface area contributed by atoms with Gasteiger partial charge in [-0.05, 0) is 29.8 Å². The van der Waals surface area contributed by atoms with Crippen LogP contribution in [0.2, 0.25) is 5.02 Å². The van der Waals surface area contributed by atoms with E-state index in [1.54, 1.807) is 18.2 Å². The summed E-state index contributed by atoms with van der Waals surface area (Å²) in [6.07, 6.45) is -1.21. The predicted octanol–water partition coefficient (Wildman–Crippen LogP) is 3.90. The lowest BCUT2D eigenvalue weighted by Crippen LogP contribution is -2.06. The summed E-state index contributed by atoms with van der Waals surface area (Å²) in [4.78, 5) is 0. The largest absolute Gasteiger partial charge is 0.495 e. The fraction of sp³-hybridized carbons (Fsp3) is 0.200. The van der Waals surface area contributed by atoms with Gasteiger partial charge in [0.15, 0.2) is 0 Å². The number of ether oxygens (including phenoxy) is 1. The topological polar surface area (TPSA) is 29.5 Å². The molecule has 0 amide bonds. The second-order valence-electron chi connectivity index (χ2n) is 4.31. The first-order chi connectivity index (χ1) is 9.52. The Morgan fingerprint density at radius 3 is 2.45 bits per heavy atom. The lowest BCUT2D eigenvalue weighted by molar-refractivity contribution is 0.175. The van der Waals surface area contributed by atoms with Crippen molar-refractivity contribution in [2.45, 2.75) is 12.5 Å². The van der Waals surface area contributed by atoms with Gasteiger partial charge in [-0.15, -0.1) is 0 Å². The molecule has 5 heteroatoms. The third kappa shape index (κ3) is 3.08. The molecule has 1 unspecified atom stereocenters. The highest BCUT2D eigenvalue weighted by Crippen LogP contribution is 2.29. The zero-order chi connectivity index (χ0) is 14.7. The lowest BCUT2D eigenvalue weighted by atomic mass is 10.0. The molecule has 0 saturated heterocycles. The summed E-state index contributed by atoms with van der Waals surface area (Å²) in [6.45, 7) is 0. The molecule has 0 aliphatic carbocycles.